The van der Waals surface area contributed by atoms with E-state index in [1.165, 1.54) is 90.0 Å². The van der Waals surface area contributed by atoms with Gasteiger partial charge in [-0.15, -0.1) is 0 Å². The summed E-state index contributed by atoms with van der Waals surface area (Å²) in [6.45, 7) is 2.49. The summed E-state index contributed by atoms with van der Waals surface area (Å²) >= 11 is 0. The second-order valence-electron chi connectivity index (χ2n) is 10.4. The zero-order valence-corrected chi connectivity index (χ0v) is 19.9. The summed E-state index contributed by atoms with van der Waals surface area (Å²) in [6.07, 6.45) is 25.5. The van der Waals surface area contributed by atoms with Gasteiger partial charge in [0.05, 0.1) is 6.61 Å². The number of nitrogens with zero attached hydrogens (tertiary/aromatic N) is 1. The Kier molecular flexibility index (Phi) is 7.33. The minimum atomic E-state index is -0.145. The second-order valence-corrected chi connectivity index (χ2v) is 15.6. The molecule has 4 heteroatoms. The van der Waals surface area contributed by atoms with Gasteiger partial charge in [-0.05, 0) is 77.2 Å². The molecular weight excluding hydrogens is 380 g/mol. The first-order valence-corrected chi connectivity index (χ1v) is 15.7. The van der Waals surface area contributed by atoms with E-state index in [2.05, 4.69) is 4.67 Å². The van der Waals surface area contributed by atoms with Gasteiger partial charge in [0.1, 0.15) is 0 Å². The predicted octanol–water partition coefficient (Wildman–Crippen LogP) is 7.64. The SMILES string of the molecule is C1CCC(P(OC[C@@H]2CCN2P(C2CCCC2)C2CCCC2)C2CCCC2)C1. The van der Waals surface area contributed by atoms with Crippen LogP contribution in [0.4, 0.5) is 0 Å². The van der Waals surface area contributed by atoms with Gasteiger partial charge in [0.25, 0.3) is 0 Å². The fourth-order valence-electron chi connectivity index (χ4n) is 6.95. The van der Waals surface area contributed by atoms with E-state index < -0.39 is 0 Å². The molecule has 0 bridgehead atoms. The van der Waals surface area contributed by atoms with Gasteiger partial charge in [0.2, 0.25) is 0 Å². The molecule has 0 aromatic heterocycles. The van der Waals surface area contributed by atoms with Crippen molar-refractivity contribution in [1.29, 1.82) is 0 Å². The molecule has 5 aliphatic rings. The van der Waals surface area contributed by atoms with E-state index in [4.69, 9.17) is 4.52 Å². The van der Waals surface area contributed by atoms with Crippen LogP contribution in [0.2, 0.25) is 0 Å². The highest BCUT2D eigenvalue weighted by molar-refractivity contribution is 7.56. The maximum Gasteiger partial charge on any atom is 0.0668 e. The Bertz CT molecular complexity index is 447. The van der Waals surface area contributed by atoms with Crippen LogP contribution in [-0.2, 0) is 4.52 Å². The topological polar surface area (TPSA) is 12.5 Å². The van der Waals surface area contributed by atoms with E-state index in [1.54, 1.807) is 25.7 Å². The van der Waals surface area contributed by atoms with Crippen molar-refractivity contribution in [3.8, 4) is 0 Å². The van der Waals surface area contributed by atoms with Crippen LogP contribution in [0.3, 0.4) is 0 Å². The first-order chi connectivity index (χ1) is 13.9. The average molecular weight is 424 g/mol. The third-order valence-corrected chi connectivity index (χ3v) is 15.2. The molecule has 28 heavy (non-hydrogen) atoms. The smallest absolute Gasteiger partial charge is 0.0668 e. The first-order valence-electron chi connectivity index (χ1n) is 12.9. The molecule has 0 spiro atoms. The van der Waals surface area contributed by atoms with Crippen molar-refractivity contribution in [1.82, 2.24) is 4.67 Å². The molecule has 2 nitrogen and oxygen atoms in total. The van der Waals surface area contributed by atoms with E-state index in [0.29, 0.717) is 0 Å². The largest absolute Gasteiger partial charge is 0.357 e. The van der Waals surface area contributed by atoms with E-state index in [1.807, 2.05) is 0 Å². The lowest BCUT2D eigenvalue weighted by molar-refractivity contribution is 0.137. The molecule has 5 rings (SSSR count). The van der Waals surface area contributed by atoms with Crippen molar-refractivity contribution < 1.29 is 4.52 Å². The van der Waals surface area contributed by atoms with Crippen LogP contribution in [0.5, 0.6) is 0 Å². The zero-order valence-electron chi connectivity index (χ0n) is 18.1. The van der Waals surface area contributed by atoms with Crippen molar-refractivity contribution in [3.63, 3.8) is 0 Å². The van der Waals surface area contributed by atoms with Crippen molar-refractivity contribution in [2.45, 2.75) is 138 Å². The van der Waals surface area contributed by atoms with Crippen LogP contribution in [0.25, 0.3) is 0 Å². The van der Waals surface area contributed by atoms with Gasteiger partial charge in [0, 0.05) is 32.1 Å². The Balaban J connectivity index is 1.21. The Morgan fingerprint density at radius 3 is 1.39 bits per heavy atom. The molecule has 1 saturated heterocycles. The molecule has 4 aliphatic carbocycles. The lowest BCUT2D eigenvalue weighted by Crippen LogP contribution is -2.49. The van der Waals surface area contributed by atoms with Crippen LogP contribution in [0.15, 0.2) is 0 Å². The number of hydrogen-bond donors (Lipinski definition) is 0. The predicted molar refractivity (Wildman–Crippen MR) is 124 cm³/mol. The quantitative estimate of drug-likeness (QED) is 0.372. The Morgan fingerprint density at radius 2 is 1.00 bits per heavy atom. The summed E-state index contributed by atoms with van der Waals surface area (Å²) in [6, 6.07) is 0.792. The first kappa shape index (κ1) is 20.7. The molecule has 0 amide bonds. The Labute approximate surface area is 176 Å². The highest BCUT2D eigenvalue weighted by atomic mass is 31.1. The van der Waals surface area contributed by atoms with Gasteiger partial charge in [-0.1, -0.05) is 51.4 Å². The highest BCUT2D eigenvalue weighted by Crippen LogP contribution is 2.63. The van der Waals surface area contributed by atoms with Gasteiger partial charge in [-0.3, -0.25) is 4.67 Å². The molecule has 0 N–H and O–H groups in total. The van der Waals surface area contributed by atoms with E-state index in [0.717, 1.165) is 35.3 Å². The van der Waals surface area contributed by atoms with Crippen molar-refractivity contribution in [2.75, 3.05) is 13.2 Å². The summed E-state index contributed by atoms with van der Waals surface area (Å²) in [5.41, 5.74) is 4.06. The van der Waals surface area contributed by atoms with Gasteiger partial charge in [0.15, 0.2) is 0 Å². The van der Waals surface area contributed by atoms with Gasteiger partial charge >= 0.3 is 0 Å². The summed E-state index contributed by atoms with van der Waals surface area (Å²) in [4.78, 5) is 0. The molecule has 1 heterocycles. The van der Waals surface area contributed by atoms with Crippen LogP contribution in [0.1, 0.15) is 109 Å². The fourth-order valence-corrected chi connectivity index (χ4v) is 14.2. The second kappa shape index (κ2) is 9.94. The zero-order chi connectivity index (χ0) is 18.8. The molecule has 0 unspecified atom stereocenters. The molecule has 1 atom stereocenters. The van der Waals surface area contributed by atoms with Crippen LogP contribution < -0.4 is 0 Å². The summed E-state index contributed by atoms with van der Waals surface area (Å²) in [7, 11) is -0.0130. The minimum Gasteiger partial charge on any atom is -0.357 e. The molecule has 0 aromatic rings. The van der Waals surface area contributed by atoms with Gasteiger partial charge in [-0.25, -0.2) is 0 Å². The third-order valence-electron chi connectivity index (χ3n) is 8.59. The maximum absolute atomic E-state index is 6.95. The number of hydrogen-bond acceptors (Lipinski definition) is 2. The Morgan fingerprint density at radius 1 is 0.571 bits per heavy atom. The van der Waals surface area contributed by atoms with Crippen LogP contribution in [0, 0.1) is 0 Å². The summed E-state index contributed by atoms with van der Waals surface area (Å²) in [5.74, 6) is 0. The van der Waals surface area contributed by atoms with Gasteiger partial charge in [-0.2, -0.15) is 0 Å². The lowest BCUT2D eigenvalue weighted by atomic mass is 10.1. The molecule has 160 valence electrons. The van der Waals surface area contributed by atoms with Crippen molar-refractivity contribution >= 4 is 16.2 Å². The summed E-state index contributed by atoms with van der Waals surface area (Å²) < 4.78 is 9.99. The third kappa shape index (κ3) is 4.52. The van der Waals surface area contributed by atoms with Crippen molar-refractivity contribution in [2.24, 2.45) is 0 Å². The molecule has 4 saturated carbocycles. The molecule has 5 fully saturated rings. The van der Waals surface area contributed by atoms with Crippen LogP contribution >= 0.6 is 16.2 Å². The number of rotatable bonds is 8. The molecular formula is C24H43NOP2. The Hall–Kier alpha value is 0.780. The van der Waals surface area contributed by atoms with E-state index in [-0.39, 0.29) is 16.2 Å². The molecule has 0 aromatic carbocycles. The van der Waals surface area contributed by atoms with E-state index in [9.17, 15) is 0 Å². The minimum absolute atomic E-state index is 0.133. The average Bonchev–Trinajstić information content (AvgIpc) is 3.51. The highest BCUT2D eigenvalue weighted by Gasteiger charge is 2.44. The van der Waals surface area contributed by atoms with Crippen molar-refractivity contribution in [3.05, 3.63) is 0 Å². The molecule has 0 radical (unpaired) electrons. The molecule has 1 aliphatic heterocycles. The monoisotopic (exact) mass is 423 g/mol. The lowest BCUT2D eigenvalue weighted by Gasteiger charge is -2.51. The normalized spacial score (nSPS) is 31.7. The van der Waals surface area contributed by atoms with Gasteiger partial charge < -0.3 is 4.52 Å². The summed E-state index contributed by atoms with van der Waals surface area (Å²) in [5, 5.41) is 0. The maximum atomic E-state index is 6.95. The fraction of sp³-hybridized carbons (Fsp3) is 1.00. The van der Waals surface area contributed by atoms with E-state index >= 15 is 0 Å². The standard InChI is InChI=1S/C24H43NOP2/c1-2-10-21(9-1)27(22-11-3-4-12-22)25-18-17-20(25)19-26-28(23-13-5-6-14-23)24-15-7-8-16-24/h20-24H,1-19H2/t20-/m0/s1. The van der Waals surface area contributed by atoms with Crippen LogP contribution in [-0.4, -0.2) is 46.5 Å².